The van der Waals surface area contributed by atoms with Gasteiger partial charge in [-0.05, 0) is 62.4 Å². The fraction of sp³-hybridized carbons (Fsp3) is 0.318. The Morgan fingerprint density at radius 3 is 2.00 bits per heavy atom. The minimum absolute atomic E-state index is 0.00778. The maximum Gasteiger partial charge on any atom is 0.343 e. The van der Waals surface area contributed by atoms with Gasteiger partial charge in [0.15, 0.2) is 5.96 Å². The molecule has 0 unspecified atom stereocenters. The zero-order chi connectivity index (χ0) is 21.7. The molecule has 2 aromatic carbocycles. The molecule has 0 spiro atoms. The number of ether oxygens (including phenoxy) is 1. The summed E-state index contributed by atoms with van der Waals surface area (Å²) in [6.07, 6.45) is 0. The van der Waals surface area contributed by atoms with E-state index < -0.39 is 5.97 Å². The Morgan fingerprint density at radius 2 is 1.47 bits per heavy atom. The van der Waals surface area contributed by atoms with E-state index in [2.05, 4.69) is 23.7 Å². The second-order valence-corrected chi connectivity index (χ2v) is 7.42. The third kappa shape index (κ3) is 5.36. The Morgan fingerprint density at radius 1 is 0.900 bits per heavy atom. The van der Waals surface area contributed by atoms with Crippen molar-refractivity contribution < 1.29 is 14.3 Å². The van der Waals surface area contributed by atoms with E-state index in [1.807, 2.05) is 4.90 Å². The molecule has 1 aliphatic rings. The molecule has 0 radical (unpaired) electrons. The lowest BCUT2D eigenvalue weighted by Gasteiger charge is -2.37. The van der Waals surface area contributed by atoms with Crippen molar-refractivity contribution >= 4 is 23.5 Å². The first kappa shape index (κ1) is 21.3. The van der Waals surface area contributed by atoms with Gasteiger partial charge in [0.2, 0.25) is 0 Å². The molecule has 1 fully saturated rings. The number of hydrogen-bond donors (Lipinski definition) is 2. The van der Waals surface area contributed by atoms with Gasteiger partial charge in [0.25, 0.3) is 5.91 Å². The van der Waals surface area contributed by atoms with Gasteiger partial charge >= 0.3 is 5.97 Å². The van der Waals surface area contributed by atoms with Gasteiger partial charge in [-0.1, -0.05) is 0 Å². The Hall–Kier alpha value is -3.39. The Bertz CT molecular complexity index is 911. The first-order chi connectivity index (χ1) is 14.3. The van der Waals surface area contributed by atoms with Crippen molar-refractivity contribution in [1.82, 2.24) is 9.80 Å². The minimum atomic E-state index is -0.505. The van der Waals surface area contributed by atoms with E-state index in [4.69, 9.17) is 16.2 Å². The van der Waals surface area contributed by atoms with Gasteiger partial charge in [-0.3, -0.25) is 9.69 Å². The number of rotatable bonds is 5. The third-order valence-corrected chi connectivity index (χ3v) is 5.00. The Balaban J connectivity index is 1.58. The quantitative estimate of drug-likeness (QED) is 0.338. The number of carbonyl (C=O) groups is 2. The van der Waals surface area contributed by atoms with E-state index in [9.17, 15) is 9.59 Å². The smallest absolute Gasteiger partial charge is 0.343 e. The topological polar surface area (TPSA) is 114 Å². The lowest BCUT2D eigenvalue weighted by molar-refractivity contribution is 0.0595. The van der Waals surface area contributed by atoms with Gasteiger partial charge in [-0.2, -0.15) is 0 Å². The summed E-state index contributed by atoms with van der Waals surface area (Å²) in [6.45, 7) is 7.50. The van der Waals surface area contributed by atoms with E-state index in [1.54, 1.807) is 48.5 Å². The SMILES string of the molecule is CC(C)N1CCN(C(=O)c2ccc(OC(=O)c3ccc(N=C(N)N)cc3)cc2)CC1. The number of guanidine groups is 1. The molecule has 3 rings (SSSR count). The molecule has 8 heteroatoms. The number of amides is 1. The molecule has 1 saturated heterocycles. The molecule has 1 aliphatic heterocycles. The number of nitrogens with two attached hydrogens (primary N) is 2. The summed E-state index contributed by atoms with van der Waals surface area (Å²) in [7, 11) is 0. The summed E-state index contributed by atoms with van der Waals surface area (Å²) in [6, 6.07) is 13.5. The van der Waals surface area contributed by atoms with Gasteiger partial charge in [0.1, 0.15) is 5.75 Å². The van der Waals surface area contributed by atoms with Crippen LogP contribution in [0.2, 0.25) is 0 Å². The van der Waals surface area contributed by atoms with Crippen LogP contribution in [-0.2, 0) is 0 Å². The summed E-state index contributed by atoms with van der Waals surface area (Å²) in [5.74, 6) is -0.196. The van der Waals surface area contributed by atoms with Crippen molar-refractivity contribution in [3.63, 3.8) is 0 Å². The maximum atomic E-state index is 12.7. The summed E-state index contributed by atoms with van der Waals surface area (Å²) in [4.78, 5) is 33.1. The fourth-order valence-electron chi connectivity index (χ4n) is 3.28. The first-order valence-electron chi connectivity index (χ1n) is 9.89. The van der Waals surface area contributed by atoms with E-state index in [1.165, 1.54) is 0 Å². The van der Waals surface area contributed by atoms with Crippen LogP contribution in [0.25, 0.3) is 0 Å². The molecule has 1 heterocycles. The van der Waals surface area contributed by atoms with Crippen LogP contribution in [0.4, 0.5) is 5.69 Å². The number of hydrogen-bond acceptors (Lipinski definition) is 5. The highest BCUT2D eigenvalue weighted by molar-refractivity contribution is 5.95. The van der Waals surface area contributed by atoms with E-state index in [0.29, 0.717) is 41.7 Å². The van der Waals surface area contributed by atoms with Crippen LogP contribution in [-0.4, -0.2) is 59.9 Å². The summed E-state index contributed by atoms with van der Waals surface area (Å²) < 4.78 is 5.39. The molecule has 0 aliphatic carbocycles. The lowest BCUT2D eigenvalue weighted by atomic mass is 10.1. The molecule has 2 aromatic rings. The Labute approximate surface area is 176 Å². The van der Waals surface area contributed by atoms with Gasteiger partial charge in [-0.15, -0.1) is 0 Å². The van der Waals surface area contributed by atoms with Crippen molar-refractivity contribution in [3.05, 3.63) is 59.7 Å². The van der Waals surface area contributed by atoms with Crippen LogP contribution in [0.1, 0.15) is 34.6 Å². The molecule has 1 amide bonds. The number of benzene rings is 2. The van der Waals surface area contributed by atoms with Gasteiger partial charge in [-0.25, -0.2) is 9.79 Å². The van der Waals surface area contributed by atoms with Crippen molar-refractivity contribution in [2.75, 3.05) is 26.2 Å². The zero-order valence-electron chi connectivity index (χ0n) is 17.2. The predicted molar refractivity (Wildman–Crippen MR) is 116 cm³/mol. The van der Waals surface area contributed by atoms with Crippen molar-refractivity contribution in [2.45, 2.75) is 19.9 Å². The molecule has 0 aromatic heterocycles. The second-order valence-electron chi connectivity index (χ2n) is 7.42. The van der Waals surface area contributed by atoms with E-state index in [0.717, 1.165) is 13.1 Å². The van der Waals surface area contributed by atoms with E-state index >= 15 is 0 Å². The van der Waals surface area contributed by atoms with Crippen LogP contribution in [0.5, 0.6) is 5.75 Å². The number of carbonyl (C=O) groups excluding carboxylic acids is 2. The predicted octanol–water partition coefficient (Wildman–Crippen LogP) is 1.98. The number of aliphatic imine (C=N–C) groups is 1. The monoisotopic (exact) mass is 409 g/mol. The van der Waals surface area contributed by atoms with Gasteiger partial charge in [0.05, 0.1) is 11.3 Å². The van der Waals surface area contributed by atoms with Gasteiger partial charge < -0.3 is 21.1 Å². The molecule has 158 valence electrons. The van der Waals surface area contributed by atoms with Crippen molar-refractivity contribution in [1.29, 1.82) is 0 Å². The lowest BCUT2D eigenvalue weighted by Crippen LogP contribution is -2.50. The molecule has 0 bridgehead atoms. The van der Waals surface area contributed by atoms with Crippen molar-refractivity contribution in [2.24, 2.45) is 16.5 Å². The third-order valence-electron chi connectivity index (χ3n) is 5.00. The largest absolute Gasteiger partial charge is 0.423 e. The molecular weight excluding hydrogens is 382 g/mol. The molecule has 4 N–H and O–H groups in total. The highest BCUT2D eigenvalue weighted by Crippen LogP contribution is 2.18. The Kier molecular flexibility index (Phi) is 6.68. The van der Waals surface area contributed by atoms with E-state index in [-0.39, 0.29) is 11.9 Å². The normalized spacial score (nSPS) is 14.4. The maximum absolute atomic E-state index is 12.7. The van der Waals surface area contributed by atoms with Crippen LogP contribution in [0.15, 0.2) is 53.5 Å². The number of piperazine rings is 1. The van der Waals surface area contributed by atoms with Crippen LogP contribution in [0, 0.1) is 0 Å². The summed E-state index contributed by atoms with van der Waals surface area (Å²) >= 11 is 0. The summed E-state index contributed by atoms with van der Waals surface area (Å²) in [5.41, 5.74) is 12.2. The average Bonchev–Trinajstić information content (AvgIpc) is 2.74. The van der Waals surface area contributed by atoms with Crippen molar-refractivity contribution in [3.8, 4) is 5.75 Å². The zero-order valence-corrected chi connectivity index (χ0v) is 17.2. The number of esters is 1. The highest BCUT2D eigenvalue weighted by Gasteiger charge is 2.23. The number of nitrogens with zero attached hydrogens (tertiary/aromatic N) is 3. The second kappa shape index (κ2) is 9.41. The molecule has 8 nitrogen and oxygen atoms in total. The van der Waals surface area contributed by atoms with Gasteiger partial charge in [0, 0.05) is 37.8 Å². The summed E-state index contributed by atoms with van der Waals surface area (Å²) in [5, 5.41) is 0. The highest BCUT2D eigenvalue weighted by atomic mass is 16.5. The molecular formula is C22H27N5O3. The minimum Gasteiger partial charge on any atom is -0.423 e. The molecule has 0 saturated carbocycles. The average molecular weight is 409 g/mol. The fourth-order valence-corrected chi connectivity index (χ4v) is 3.28. The molecule has 0 atom stereocenters. The van der Waals surface area contributed by atoms with Crippen LogP contribution in [0.3, 0.4) is 0 Å². The first-order valence-corrected chi connectivity index (χ1v) is 9.89. The van der Waals surface area contributed by atoms with Crippen LogP contribution < -0.4 is 16.2 Å². The van der Waals surface area contributed by atoms with Crippen LogP contribution >= 0.6 is 0 Å². The standard InChI is InChI=1S/C22H27N5O3/c1-15(2)26-11-13-27(14-12-26)20(28)16-5-9-19(10-6-16)30-21(29)17-3-7-18(8-4-17)25-22(23)24/h3-10,15H,11-14H2,1-2H3,(H4,23,24,25). The molecule has 30 heavy (non-hydrogen) atoms.